The quantitative estimate of drug-likeness (QED) is 0.542. The van der Waals surface area contributed by atoms with Crippen LogP contribution in [0.1, 0.15) is 85.1 Å². The molecular weight excluding hydrogens is 480 g/mol. The van der Waals surface area contributed by atoms with Gasteiger partial charge in [0, 0.05) is 47.1 Å². The summed E-state index contributed by atoms with van der Waals surface area (Å²) in [5.41, 5.74) is 0.967. The van der Waals surface area contributed by atoms with Crippen LogP contribution >= 0.6 is 11.8 Å². The fourth-order valence-electron chi connectivity index (χ4n) is 4.70. The number of hydrogen-bond acceptors (Lipinski definition) is 5. The Kier molecular flexibility index (Phi) is 7.57. The molecule has 8 heteroatoms. The smallest absolute Gasteiger partial charge is 0.258 e. The molecule has 0 radical (unpaired) electrons. The minimum atomic E-state index is -3.64. The molecule has 2 aromatic rings. The number of benzene rings is 1. The topological polar surface area (TPSA) is 82.8 Å². The molecule has 6 nitrogen and oxygen atoms in total. The third kappa shape index (κ3) is 5.92. The predicted molar refractivity (Wildman–Crippen MR) is 144 cm³/mol. The minimum Gasteiger partial charge on any atom is -0.507 e. The maximum atomic E-state index is 13.3. The van der Waals surface area contributed by atoms with E-state index in [2.05, 4.69) is 53.7 Å². The second-order valence-electron chi connectivity index (χ2n) is 12.3. The van der Waals surface area contributed by atoms with Crippen molar-refractivity contribution in [2.45, 2.75) is 99.8 Å². The molecule has 1 aliphatic heterocycles. The number of aromatic hydroxyl groups is 1. The second-order valence-corrected chi connectivity index (χ2v) is 15.5. The summed E-state index contributed by atoms with van der Waals surface area (Å²) in [5, 5.41) is 21.8. The van der Waals surface area contributed by atoms with Gasteiger partial charge in [-0.25, -0.2) is 8.42 Å². The fraction of sp³-hybridized carbons (Fsp3) is 0.630. The van der Waals surface area contributed by atoms with Crippen LogP contribution in [0.3, 0.4) is 0 Å². The zero-order chi connectivity index (χ0) is 26.6. The maximum Gasteiger partial charge on any atom is 0.258 e. The van der Waals surface area contributed by atoms with Gasteiger partial charge < -0.3 is 14.8 Å². The number of phenols is 1. The van der Waals surface area contributed by atoms with Gasteiger partial charge in [0.2, 0.25) is 0 Å². The van der Waals surface area contributed by atoms with Crippen molar-refractivity contribution in [2.24, 2.45) is 7.05 Å². The van der Waals surface area contributed by atoms with E-state index in [1.807, 2.05) is 0 Å². The first kappa shape index (κ1) is 28.1. The van der Waals surface area contributed by atoms with E-state index in [-0.39, 0.29) is 15.9 Å². The van der Waals surface area contributed by atoms with Crippen molar-refractivity contribution in [1.29, 1.82) is 0 Å². The van der Waals surface area contributed by atoms with Gasteiger partial charge in [0.05, 0.1) is 5.60 Å². The number of thioether (sulfide) groups is 1. The highest BCUT2D eigenvalue weighted by Gasteiger charge is 2.34. The minimum absolute atomic E-state index is 0.185. The van der Waals surface area contributed by atoms with E-state index < -0.39 is 15.6 Å². The largest absolute Gasteiger partial charge is 0.507 e. The fourth-order valence-corrected chi connectivity index (χ4v) is 7.54. The van der Waals surface area contributed by atoms with Crippen molar-refractivity contribution in [3.05, 3.63) is 41.1 Å². The molecule has 196 valence electrons. The first-order valence-corrected chi connectivity index (χ1v) is 14.6. The Morgan fingerprint density at radius 1 is 0.914 bits per heavy atom. The first-order valence-electron chi connectivity index (χ1n) is 12.3. The summed E-state index contributed by atoms with van der Waals surface area (Å²) in [6.07, 6.45) is 1.51. The van der Waals surface area contributed by atoms with Crippen LogP contribution in [0.15, 0.2) is 34.2 Å². The van der Waals surface area contributed by atoms with Crippen LogP contribution < -0.4 is 0 Å². The SMILES string of the molecule is Cn1c(C(C)(C)O)ccc1S(=O)(=O)N1CCC(Sc2cc(C(C)(C)C)c(O)c(C(C)(C)C)c2)CC1. The Bertz CT molecular complexity index is 1140. The molecule has 1 aliphatic rings. The van der Waals surface area contributed by atoms with E-state index in [1.54, 1.807) is 53.7 Å². The van der Waals surface area contributed by atoms with Crippen molar-refractivity contribution in [2.75, 3.05) is 13.1 Å². The van der Waals surface area contributed by atoms with Crippen LogP contribution in [-0.2, 0) is 33.5 Å². The lowest BCUT2D eigenvalue weighted by molar-refractivity contribution is 0.0700. The number of aromatic nitrogens is 1. The number of phenolic OH excluding ortho intramolecular Hbond substituents is 1. The van der Waals surface area contributed by atoms with Gasteiger partial charge in [-0.2, -0.15) is 4.31 Å². The summed E-state index contributed by atoms with van der Waals surface area (Å²) < 4.78 is 29.8. The molecule has 1 fully saturated rings. The van der Waals surface area contributed by atoms with Gasteiger partial charge >= 0.3 is 0 Å². The molecule has 0 atom stereocenters. The number of sulfonamides is 1. The predicted octanol–water partition coefficient (Wildman–Crippen LogP) is 5.50. The molecule has 0 bridgehead atoms. The average Bonchev–Trinajstić information content (AvgIpc) is 3.10. The Labute approximate surface area is 215 Å². The van der Waals surface area contributed by atoms with Crippen LogP contribution in [0.5, 0.6) is 5.75 Å². The van der Waals surface area contributed by atoms with Crippen LogP contribution in [0.4, 0.5) is 0 Å². The van der Waals surface area contributed by atoms with Crippen molar-refractivity contribution < 1.29 is 18.6 Å². The summed E-state index contributed by atoms with van der Waals surface area (Å²) in [6, 6.07) is 7.46. The monoisotopic (exact) mass is 522 g/mol. The van der Waals surface area contributed by atoms with Gasteiger partial charge in [0.25, 0.3) is 10.0 Å². The van der Waals surface area contributed by atoms with Crippen LogP contribution in [-0.4, -0.2) is 45.8 Å². The van der Waals surface area contributed by atoms with Crippen molar-refractivity contribution in [3.8, 4) is 5.75 Å². The standard InChI is InChI=1S/C27H42N2O4S2/c1-25(2,3)20-16-19(17-21(24(20)30)26(4,5)6)34-18-12-14-29(15-13-18)35(32,33)23-11-10-22(28(23)9)27(7,8)31/h10-11,16-18,30-31H,12-15H2,1-9H3. The van der Waals surface area contributed by atoms with Crippen LogP contribution in [0.2, 0.25) is 0 Å². The molecule has 2 N–H and O–H groups in total. The molecule has 1 aromatic carbocycles. The highest BCUT2D eigenvalue weighted by atomic mass is 32.2. The molecule has 1 saturated heterocycles. The highest BCUT2D eigenvalue weighted by Crippen LogP contribution is 2.43. The highest BCUT2D eigenvalue weighted by molar-refractivity contribution is 8.00. The Balaban J connectivity index is 1.79. The lowest BCUT2D eigenvalue weighted by atomic mass is 9.79. The van der Waals surface area contributed by atoms with Gasteiger partial charge in [0.15, 0.2) is 5.03 Å². The van der Waals surface area contributed by atoms with E-state index in [1.165, 1.54) is 0 Å². The van der Waals surface area contributed by atoms with E-state index in [9.17, 15) is 18.6 Å². The van der Waals surface area contributed by atoms with Gasteiger partial charge in [-0.3, -0.25) is 0 Å². The Morgan fingerprint density at radius 3 is 1.80 bits per heavy atom. The van der Waals surface area contributed by atoms with Crippen molar-refractivity contribution in [3.63, 3.8) is 0 Å². The molecule has 0 amide bonds. The van der Waals surface area contributed by atoms with E-state index in [4.69, 9.17) is 0 Å². The van der Waals surface area contributed by atoms with Crippen LogP contribution in [0, 0.1) is 0 Å². The Hall–Kier alpha value is -1.48. The van der Waals surface area contributed by atoms with Crippen molar-refractivity contribution >= 4 is 21.8 Å². The normalized spacial score (nSPS) is 17.2. The molecule has 0 unspecified atom stereocenters. The third-order valence-corrected chi connectivity index (χ3v) is 10.0. The molecule has 0 saturated carbocycles. The molecule has 35 heavy (non-hydrogen) atoms. The number of hydrogen-bond donors (Lipinski definition) is 2. The summed E-state index contributed by atoms with van der Waals surface area (Å²) in [4.78, 5) is 1.12. The zero-order valence-corrected chi connectivity index (χ0v) is 24.3. The van der Waals surface area contributed by atoms with Gasteiger partial charge in [-0.15, -0.1) is 11.8 Å². The summed E-state index contributed by atoms with van der Waals surface area (Å²) in [6.45, 7) is 16.9. The van der Waals surface area contributed by atoms with Crippen LogP contribution in [0.25, 0.3) is 0 Å². The van der Waals surface area contributed by atoms with Gasteiger partial charge in [-0.05, 0) is 61.8 Å². The second kappa shape index (κ2) is 9.43. The van der Waals surface area contributed by atoms with E-state index >= 15 is 0 Å². The Morgan fingerprint density at radius 2 is 1.40 bits per heavy atom. The zero-order valence-electron chi connectivity index (χ0n) is 22.6. The number of piperidine rings is 1. The molecule has 0 spiro atoms. The average molecular weight is 523 g/mol. The molecule has 1 aromatic heterocycles. The lowest BCUT2D eigenvalue weighted by Crippen LogP contribution is -2.40. The molecule has 0 aliphatic carbocycles. The summed E-state index contributed by atoms with van der Waals surface area (Å²) in [7, 11) is -1.96. The summed E-state index contributed by atoms with van der Waals surface area (Å²) in [5.74, 6) is 0.378. The maximum absolute atomic E-state index is 13.3. The third-order valence-electron chi connectivity index (χ3n) is 6.71. The van der Waals surface area contributed by atoms with E-state index in [0.717, 1.165) is 28.9 Å². The van der Waals surface area contributed by atoms with E-state index in [0.29, 0.717) is 29.8 Å². The lowest BCUT2D eigenvalue weighted by Gasteiger charge is -2.32. The molecule has 2 heterocycles. The number of nitrogens with zero attached hydrogens (tertiary/aromatic N) is 2. The van der Waals surface area contributed by atoms with Crippen molar-refractivity contribution in [1.82, 2.24) is 8.87 Å². The number of aliphatic hydroxyl groups is 1. The van der Waals surface area contributed by atoms with Gasteiger partial charge in [-0.1, -0.05) is 41.5 Å². The van der Waals surface area contributed by atoms with Gasteiger partial charge in [0.1, 0.15) is 5.75 Å². The molecule has 3 rings (SSSR count). The summed E-state index contributed by atoms with van der Waals surface area (Å²) >= 11 is 1.78. The number of rotatable bonds is 5. The molecular formula is C27H42N2O4S2. The first-order chi connectivity index (χ1) is 15.8.